The van der Waals surface area contributed by atoms with E-state index in [0.717, 1.165) is 32.4 Å². The molecule has 0 aromatic carbocycles. The molecule has 0 spiro atoms. The Morgan fingerprint density at radius 2 is 2.18 bits per heavy atom. The van der Waals surface area contributed by atoms with Crippen LogP contribution in [0.15, 0.2) is 0 Å². The first kappa shape index (κ1) is 15.2. The second kappa shape index (κ2) is 6.33. The standard InChI is InChI=1S/C10H20N2O3S.ClH/c1-12(9-4-5-11-7-9)16(13,14)8-10-3-2-6-15-10;/h9-11H,2-8H2,1H3;1H. The van der Waals surface area contributed by atoms with Crippen molar-refractivity contribution in [2.24, 2.45) is 0 Å². The molecule has 0 aromatic rings. The third kappa shape index (κ3) is 3.79. The molecular formula is C10H21ClN2O3S. The summed E-state index contributed by atoms with van der Waals surface area (Å²) in [4.78, 5) is 0. The van der Waals surface area contributed by atoms with Crippen molar-refractivity contribution in [2.45, 2.75) is 31.4 Å². The molecule has 0 amide bonds. The van der Waals surface area contributed by atoms with Gasteiger partial charge in [0.05, 0.1) is 11.9 Å². The van der Waals surface area contributed by atoms with E-state index in [-0.39, 0.29) is 30.3 Å². The summed E-state index contributed by atoms with van der Waals surface area (Å²) in [7, 11) is -1.48. The molecule has 2 fully saturated rings. The second-order valence-electron chi connectivity index (χ2n) is 4.58. The van der Waals surface area contributed by atoms with Crippen LogP contribution in [-0.4, -0.2) is 57.4 Å². The quantitative estimate of drug-likeness (QED) is 0.802. The third-order valence-corrected chi connectivity index (χ3v) is 5.38. The van der Waals surface area contributed by atoms with Crippen molar-refractivity contribution in [3.05, 3.63) is 0 Å². The van der Waals surface area contributed by atoms with Gasteiger partial charge in [-0.2, -0.15) is 0 Å². The Morgan fingerprint density at radius 3 is 2.71 bits per heavy atom. The lowest BCUT2D eigenvalue weighted by molar-refractivity contribution is 0.126. The molecule has 0 radical (unpaired) electrons. The van der Waals surface area contributed by atoms with Crippen molar-refractivity contribution >= 4 is 22.4 Å². The number of likely N-dealkylation sites (N-methyl/N-ethyl adjacent to an activating group) is 1. The number of sulfonamides is 1. The van der Waals surface area contributed by atoms with E-state index in [1.807, 2.05) is 0 Å². The van der Waals surface area contributed by atoms with E-state index in [1.165, 1.54) is 4.31 Å². The van der Waals surface area contributed by atoms with Crippen LogP contribution in [0.2, 0.25) is 0 Å². The molecule has 2 heterocycles. The fourth-order valence-corrected chi connectivity index (χ4v) is 3.91. The van der Waals surface area contributed by atoms with Gasteiger partial charge in [-0.25, -0.2) is 12.7 Å². The van der Waals surface area contributed by atoms with Crippen LogP contribution in [0.5, 0.6) is 0 Å². The Balaban J connectivity index is 0.00000144. The van der Waals surface area contributed by atoms with Crippen molar-refractivity contribution in [1.29, 1.82) is 0 Å². The molecule has 0 aliphatic carbocycles. The smallest absolute Gasteiger partial charge is 0.216 e. The molecule has 2 saturated heterocycles. The summed E-state index contributed by atoms with van der Waals surface area (Å²) in [5.74, 6) is 0.139. The Morgan fingerprint density at radius 1 is 1.41 bits per heavy atom. The van der Waals surface area contributed by atoms with Crippen molar-refractivity contribution in [3.8, 4) is 0 Å². The molecule has 0 aromatic heterocycles. The molecule has 102 valence electrons. The van der Waals surface area contributed by atoms with Gasteiger partial charge in [-0.3, -0.25) is 0 Å². The highest BCUT2D eigenvalue weighted by molar-refractivity contribution is 7.89. The van der Waals surface area contributed by atoms with Crippen LogP contribution in [0, 0.1) is 0 Å². The third-order valence-electron chi connectivity index (χ3n) is 3.41. The van der Waals surface area contributed by atoms with Gasteiger partial charge in [0.2, 0.25) is 10.0 Å². The molecule has 1 N–H and O–H groups in total. The van der Waals surface area contributed by atoms with Gasteiger partial charge in [-0.1, -0.05) is 0 Å². The predicted molar refractivity (Wildman–Crippen MR) is 69.0 cm³/mol. The molecule has 2 atom stereocenters. The van der Waals surface area contributed by atoms with Gasteiger partial charge in [-0.15, -0.1) is 12.4 Å². The van der Waals surface area contributed by atoms with Crippen LogP contribution in [0.3, 0.4) is 0 Å². The Bertz CT molecular complexity index is 324. The first-order valence-electron chi connectivity index (χ1n) is 5.87. The summed E-state index contributed by atoms with van der Waals surface area (Å²) in [6, 6.07) is 0.117. The zero-order valence-electron chi connectivity index (χ0n) is 10.1. The van der Waals surface area contributed by atoms with E-state index in [1.54, 1.807) is 7.05 Å². The summed E-state index contributed by atoms with van der Waals surface area (Å²) in [5.41, 5.74) is 0. The normalized spacial score (nSPS) is 29.5. The lowest BCUT2D eigenvalue weighted by atomic mass is 10.3. The minimum atomic E-state index is -3.16. The highest BCUT2D eigenvalue weighted by Crippen LogP contribution is 2.18. The zero-order valence-corrected chi connectivity index (χ0v) is 11.7. The Labute approximate surface area is 109 Å². The zero-order chi connectivity index (χ0) is 11.6. The fourth-order valence-electron chi connectivity index (χ4n) is 2.31. The van der Waals surface area contributed by atoms with Gasteiger partial charge in [0.1, 0.15) is 0 Å². The molecule has 2 rings (SSSR count). The summed E-state index contributed by atoms with van der Waals surface area (Å²) >= 11 is 0. The number of hydrogen-bond acceptors (Lipinski definition) is 4. The van der Waals surface area contributed by atoms with Crippen molar-refractivity contribution in [1.82, 2.24) is 9.62 Å². The average molecular weight is 285 g/mol. The van der Waals surface area contributed by atoms with Gasteiger partial charge in [0.25, 0.3) is 0 Å². The van der Waals surface area contributed by atoms with E-state index >= 15 is 0 Å². The van der Waals surface area contributed by atoms with Crippen LogP contribution in [-0.2, 0) is 14.8 Å². The van der Waals surface area contributed by atoms with E-state index in [0.29, 0.717) is 6.61 Å². The van der Waals surface area contributed by atoms with Gasteiger partial charge < -0.3 is 10.1 Å². The second-order valence-corrected chi connectivity index (χ2v) is 6.65. The molecule has 0 saturated carbocycles. The van der Waals surface area contributed by atoms with E-state index in [4.69, 9.17) is 4.74 Å². The minimum absolute atomic E-state index is 0. The Kier molecular flexibility index (Phi) is 5.66. The fraction of sp³-hybridized carbons (Fsp3) is 1.00. The predicted octanol–water partition coefficient (Wildman–Crippen LogP) is 0.211. The van der Waals surface area contributed by atoms with Crippen LogP contribution in [0.25, 0.3) is 0 Å². The van der Waals surface area contributed by atoms with E-state index < -0.39 is 10.0 Å². The van der Waals surface area contributed by atoms with Crippen molar-refractivity contribution in [2.75, 3.05) is 32.5 Å². The maximum absolute atomic E-state index is 12.1. The van der Waals surface area contributed by atoms with Crippen molar-refractivity contribution < 1.29 is 13.2 Å². The SMILES string of the molecule is CN(C1CCNC1)S(=O)(=O)CC1CCCO1.Cl. The molecule has 7 heteroatoms. The summed E-state index contributed by atoms with van der Waals surface area (Å²) in [6.07, 6.45) is 2.66. The maximum Gasteiger partial charge on any atom is 0.216 e. The minimum Gasteiger partial charge on any atom is -0.377 e. The molecule has 5 nitrogen and oxygen atoms in total. The van der Waals surface area contributed by atoms with Crippen LogP contribution in [0.4, 0.5) is 0 Å². The summed E-state index contributed by atoms with van der Waals surface area (Å²) in [5, 5.41) is 3.18. The first-order valence-corrected chi connectivity index (χ1v) is 7.48. The molecule has 2 aliphatic heterocycles. The topological polar surface area (TPSA) is 58.6 Å². The van der Waals surface area contributed by atoms with Gasteiger partial charge in [0, 0.05) is 26.2 Å². The first-order chi connectivity index (χ1) is 7.59. The summed E-state index contributed by atoms with van der Waals surface area (Å²) < 4.78 is 31.1. The number of rotatable bonds is 4. The number of nitrogens with zero attached hydrogens (tertiary/aromatic N) is 1. The summed E-state index contributed by atoms with van der Waals surface area (Å²) in [6.45, 7) is 2.38. The van der Waals surface area contributed by atoms with E-state index in [9.17, 15) is 8.42 Å². The Hall–Kier alpha value is 0.120. The largest absolute Gasteiger partial charge is 0.377 e. The van der Waals surface area contributed by atoms with Gasteiger partial charge in [-0.05, 0) is 25.8 Å². The molecule has 0 bridgehead atoms. The lowest BCUT2D eigenvalue weighted by Gasteiger charge is -2.24. The average Bonchev–Trinajstić information content (AvgIpc) is 2.86. The van der Waals surface area contributed by atoms with Crippen LogP contribution >= 0.6 is 12.4 Å². The molecular weight excluding hydrogens is 264 g/mol. The van der Waals surface area contributed by atoms with Gasteiger partial charge >= 0.3 is 0 Å². The molecule has 2 unspecified atom stereocenters. The number of hydrogen-bond donors (Lipinski definition) is 1. The number of halogens is 1. The highest BCUT2D eigenvalue weighted by Gasteiger charge is 2.31. The maximum atomic E-state index is 12.1. The van der Waals surface area contributed by atoms with E-state index in [2.05, 4.69) is 5.32 Å². The lowest BCUT2D eigenvalue weighted by Crippen LogP contribution is -2.41. The van der Waals surface area contributed by atoms with Crippen LogP contribution < -0.4 is 5.32 Å². The molecule has 17 heavy (non-hydrogen) atoms. The van der Waals surface area contributed by atoms with Crippen LogP contribution in [0.1, 0.15) is 19.3 Å². The van der Waals surface area contributed by atoms with Crippen molar-refractivity contribution in [3.63, 3.8) is 0 Å². The highest BCUT2D eigenvalue weighted by atomic mass is 35.5. The van der Waals surface area contributed by atoms with Gasteiger partial charge in [0.15, 0.2) is 0 Å². The number of ether oxygens (including phenoxy) is 1. The number of nitrogens with one attached hydrogen (secondary N) is 1. The monoisotopic (exact) mass is 284 g/mol. The molecule has 2 aliphatic rings.